The minimum atomic E-state index is 0.493. The van der Waals surface area contributed by atoms with E-state index in [1.165, 1.54) is 5.56 Å². The number of allylic oxidation sites excluding steroid dienone is 1. The number of rotatable bonds is 9. The highest BCUT2D eigenvalue weighted by atomic mass is 16.3. The zero-order valence-corrected chi connectivity index (χ0v) is 27.1. The molecule has 0 spiro atoms. The average molecular weight is 634 g/mol. The van der Waals surface area contributed by atoms with Crippen LogP contribution in [0.1, 0.15) is 27.8 Å². The summed E-state index contributed by atoms with van der Waals surface area (Å²) in [4.78, 5) is 14.4. The molecule has 0 atom stereocenters. The van der Waals surface area contributed by atoms with Gasteiger partial charge in [0, 0.05) is 34.7 Å². The number of aromatic nitrogens is 1. The summed E-state index contributed by atoms with van der Waals surface area (Å²) >= 11 is 0. The van der Waals surface area contributed by atoms with Gasteiger partial charge in [0.2, 0.25) is 5.89 Å². The number of amidine groups is 1. The molecule has 0 aliphatic rings. The third-order valence-corrected chi connectivity index (χ3v) is 7.89. The Balaban J connectivity index is 1.29. The lowest BCUT2D eigenvalue weighted by Gasteiger charge is -2.14. The molecule has 0 amide bonds. The number of hydrogen-bond donors (Lipinski definition) is 0. The molecular weight excluding hydrogens is 599 g/mol. The van der Waals surface area contributed by atoms with Crippen LogP contribution in [0.15, 0.2) is 210 Å². The number of benzene rings is 5. The van der Waals surface area contributed by atoms with Gasteiger partial charge in [0.25, 0.3) is 0 Å². The van der Waals surface area contributed by atoms with Crippen molar-refractivity contribution in [3.63, 3.8) is 0 Å². The van der Waals surface area contributed by atoms with E-state index in [4.69, 9.17) is 14.4 Å². The van der Waals surface area contributed by atoms with Crippen molar-refractivity contribution in [3.8, 4) is 22.6 Å². The number of aliphatic imine (C=N–C) groups is 2. The minimum absolute atomic E-state index is 0.493. The van der Waals surface area contributed by atoms with Crippen LogP contribution in [-0.4, -0.2) is 17.0 Å². The Labute approximate surface area is 287 Å². The second kappa shape index (κ2) is 15.8. The lowest BCUT2D eigenvalue weighted by atomic mass is 9.92. The average Bonchev–Trinajstić information content (AvgIpc) is 3.29. The SMILES string of the molecule is C=C(N=C(N=Cc1ccc(-c2ccccc2)cc1)c1ccccc1)C(=C)c1ccccc1C(=C)c1ccccoc(-c2ccccc2)nc1. The van der Waals surface area contributed by atoms with Crippen LogP contribution in [0.25, 0.3) is 33.7 Å². The molecule has 5 aromatic carbocycles. The smallest absolute Gasteiger partial charge is 0.225 e. The van der Waals surface area contributed by atoms with Gasteiger partial charge in [-0.05, 0) is 51.6 Å². The van der Waals surface area contributed by atoms with Crippen LogP contribution in [0.5, 0.6) is 0 Å². The van der Waals surface area contributed by atoms with Gasteiger partial charge in [0.1, 0.15) is 0 Å². The third kappa shape index (κ3) is 8.20. The standard InChI is InChI=1S/C45H35N3O/c1-33(42-24-13-14-25-43(42)34(2)41-23-15-16-30-49-45(47-32-41)40-21-11-6-12-22-40)35(3)48-44(39-19-9-5-10-20-39)46-31-36-26-28-38(29-27-36)37-17-7-4-8-18-37/h4-32H,1-3H2. The Hall–Kier alpha value is -6.65. The molecule has 49 heavy (non-hydrogen) atoms. The molecule has 0 radical (unpaired) electrons. The fraction of sp³-hybridized carbons (Fsp3) is 0. The lowest BCUT2D eigenvalue weighted by Crippen LogP contribution is -2.01. The summed E-state index contributed by atoms with van der Waals surface area (Å²) in [5.74, 6) is 1.03. The number of nitrogens with zero attached hydrogens (tertiary/aromatic N) is 3. The summed E-state index contributed by atoms with van der Waals surface area (Å²) in [5, 5.41) is 0. The third-order valence-electron chi connectivity index (χ3n) is 7.89. The first-order valence-electron chi connectivity index (χ1n) is 15.9. The van der Waals surface area contributed by atoms with Gasteiger partial charge in [-0.2, -0.15) is 0 Å². The van der Waals surface area contributed by atoms with E-state index in [1.807, 2.05) is 128 Å². The van der Waals surface area contributed by atoms with Gasteiger partial charge < -0.3 is 4.42 Å². The van der Waals surface area contributed by atoms with Crippen molar-refractivity contribution in [1.29, 1.82) is 0 Å². The molecule has 1 aromatic heterocycles. The van der Waals surface area contributed by atoms with Crippen molar-refractivity contribution in [2.75, 3.05) is 0 Å². The molecule has 0 unspecified atom stereocenters. The quantitative estimate of drug-likeness (QED) is 0.0903. The molecule has 6 rings (SSSR count). The van der Waals surface area contributed by atoms with Crippen molar-refractivity contribution >= 4 is 23.2 Å². The Morgan fingerprint density at radius 3 is 1.80 bits per heavy atom. The fourth-order valence-electron chi connectivity index (χ4n) is 5.21. The molecule has 0 N–H and O–H groups in total. The molecule has 4 nitrogen and oxygen atoms in total. The van der Waals surface area contributed by atoms with Crippen molar-refractivity contribution in [3.05, 3.63) is 223 Å². The van der Waals surface area contributed by atoms with Crippen LogP contribution < -0.4 is 0 Å². The molecule has 4 heteroatoms. The first kappa shape index (κ1) is 32.3. The van der Waals surface area contributed by atoms with Gasteiger partial charge >= 0.3 is 0 Å². The van der Waals surface area contributed by atoms with Gasteiger partial charge in [0.15, 0.2) is 5.84 Å². The second-order valence-corrected chi connectivity index (χ2v) is 11.2. The van der Waals surface area contributed by atoms with Crippen molar-refractivity contribution < 1.29 is 4.42 Å². The maximum atomic E-state index is 5.81. The predicted octanol–water partition coefficient (Wildman–Crippen LogP) is 11.3. The van der Waals surface area contributed by atoms with Crippen molar-refractivity contribution in [2.24, 2.45) is 9.98 Å². The maximum absolute atomic E-state index is 5.81. The summed E-state index contributed by atoms with van der Waals surface area (Å²) in [6.45, 7) is 13.2. The summed E-state index contributed by atoms with van der Waals surface area (Å²) in [6.07, 6.45) is 5.21. The first-order valence-corrected chi connectivity index (χ1v) is 15.9. The molecule has 0 saturated carbocycles. The molecule has 0 bridgehead atoms. The van der Waals surface area contributed by atoms with Gasteiger partial charge in [-0.25, -0.2) is 15.0 Å². The molecule has 0 fully saturated rings. The van der Waals surface area contributed by atoms with Gasteiger partial charge in [-0.15, -0.1) is 0 Å². The van der Waals surface area contributed by atoms with Crippen LogP contribution >= 0.6 is 0 Å². The van der Waals surface area contributed by atoms with Gasteiger partial charge in [-0.1, -0.05) is 159 Å². The molecule has 236 valence electrons. The Morgan fingerprint density at radius 1 is 0.551 bits per heavy atom. The van der Waals surface area contributed by atoms with Crippen molar-refractivity contribution in [2.45, 2.75) is 0 Å². The second-order valence-electron chi connectivity index (χ2n) is 11.2. The first-order chi connectivity index (χ1) is 24.1. The van der Waals surface area contributed by atoms with Crippen LogP contribution in [0, 0.1) is 0 Å². The highest BCUT2D eigenvalue weighted by Crippen LogP contribution is 2.32. The topological polar surface area (TPSA) is 50.8 Å². The normalized spacial score (nSPS) is 11.1. The highest BCUT2D eigenvalue weighted by molar-refractivity contribution is 6.06. The largest absolute Gasteiger partial charge is 0.446 e. The molecule has 6 aromatic rings. The van der Waals surface area contributed by atoms with E-state index in [0.717, 1.165) is 44.5 Å². The van der Waals surface area contributed by atoms with E-state index in [1.54, 1.807) is 12.5 Å². The Morgan fingerprint density at radius 2 is 1.10 bits per heavy atom. The van der Waals surface area contributed by atoms with E-state index in [0.29, 0.717) is 23.0 Å². The molecule has 0 aliphatic carbocycles. The molecule has 0 aliphatic heterocycles. The Kier molecular flexibility index (Phi) is 10.4. The fourth-order valence-corrected chi connectivity index (χ4v) is 5.21. The predicted molar refractivity (Wildman–Crippen MR) is 205 cm³/mol. The van der Waals surface area contributed by atoms with Gasteiger partial charge in [-0.3, -0.25) is 0 Å². The lowest BCUT2D eigenvalue weighted by molar-refractivity contribution is 0.553. The monoisotopic (exact) mass is 633 g/mol. The summed E-state index contributed by atoms with van der Waals surface area (Å²) in [5.41, 5.74) is 9.54. The van der Waals surface area contributed by atoms with Crippen molar-refractivity contribution in [1.82, 2.24) is 4.98 Å². The van der Waals surface area contributed by atoms with Crippen LogP contribution in [0.3, 0.4) is 0 Å². The van der Waals surface area contributed by atoms with Gasteiger partial charge in [0.05, 0.1) is 12.0 Å². The zero-order chi connectivity index (χ0) is 33.8. The molecule has 1 heterocycles. The van der Waals surface area contributed by atoms with E-state index >= 15 is 0 Å². The van der Waals surface area contributed by atoms with Crippen LogP contribution in [-0.2, 0) is 0 Å². The zero-order valence-electron chi connectivity index (χ0n) is 27.1. The summed E-state index contributed by atoms with van der Waals surface area (Å²) < 4.78 is 5.81. The summed E-state index contributed by atoms with van der Waals surface area (Å²) in [7, 11) is 0. The molecular formula is C45H35N3O. The van der Waals surface area contributed by atoms with E-state index < -0.39 is 0 Å². The molecule has 0 saturated heterocycles. The minimum Gasteiger partial charge on any atom is -0.446 e. The van der Waals surface area contributed by atoms with Crippen LogP contribution in [0.2, 0.25) is 0 Å². The van der Waals surface area contributed by atoms with Crippen LogP contribution in [0.4, 0.5) is 0 Å². The number of hydrogen-bond acceptors (Lipinski definition) is 3. The van der Waals surface area contributed by atoms with E-state index in [9.17, 15) is 0 Å². The Bertz CT molecular complexity index is 2190. The van der Waals surface area contributed by atoms with E-state index in [-0.39, 0.29) is 0 Å². The summed E-state index contributed by atoms with van der Waals surface area (Å²) in [6, 6.07) is 51.9. The maximum Gasteiger partial charge on any atom is 0.225 e. The van der Waals surface area contributed by atoms with E-state index in [2.05, 4.69) is 61.1 Å². The highest BCUT2D eigenvalue weighted by Gasteiger charge is 2.13.